The standard InChI is InChI=1S/C16H20O4/c1-11(2)9-12-5-7-13(8-6-12)10-14(15(17)19-3)16(18)20-4/h5-8,10-11H,9H2,1-4H3. The van der Waals surface area contributed by atoms with E-state index in [1.165, 1.54) is 25.9 Å². The summed E-state index contributed by atoms with van der Waals surface area (Å²) in [4.78, 5) is 23.1. The lowest BCUT2D eigenvalue weighted by Gasteiger charge is -2.06. The zero-order valence-electron chi connectivity index (χ0n) is 12.3. The molecule has 0 saturated heterocycles. The smallest absolute Gasteiger partial charge is 0.345 e. The number of carbonyl (C=O) groups is 2. The molecule has 0 atom stereocenters. The summed E-state index contributed by atoms with van der Waals surface area (Å²) >= 11 is 0. The molecule has 0 spiro atoms. The first-order valence-electron chi connectivity index (χ1n) is 6.45. The third-order valence-electron chi connectivity index (χ3n) is 2.75. The van der Waals surface area contributed by atoms with Crippen molar-refractivity contribution in [1.82, 2.24) is 0 Å². The number of methoxy groups -OCH3 is 2. The highest BCUT2D eigenvalue weighted by Crippen LogP contribution is 2.13. The van der Waals surface area contributed by atoms with Crippen LogP contribution in [0.5, 0.6) is 0 Å². The Hall–Kier alpha value is -2.10. The van der Waals surface area contributed by atoms with Crippen LogP contribution in [0.1, 0.15) is 25.0 Å². The number of hydrogen-bond acceptors (Lipinski definition) is 4. The van der Waals surface area contributed by atoms with Crippen LogP contribution in [0.3, 0.4) is 0 Å². The van der Waals surface area contributed by atoms with Gasteiger partial charge in [0.25, 0.3) is 0 Å². The Balaban J connectivity index is 2.99. The zero-order chi connectivity index (χ0) is 15.1. The molecule has 0 unspecified atom stereocenters. The van der Waals surface area contributed by atoms with Crippen molar-refractivity contribution in [2.24, 2.45) is 5.92 Å². The lowest BCUT2D eigenvalue weighted by molar-refractivity contribution is -0.143. The molecule has 108 valence electrons. The minimum absolute atomic E-state index is 0.119. The molecule has 4 nitrogen and oxygen atoms in total. The minimum atomic E-state index is -0.705. The highest BCUT2D eigenvalue weighted by molar-refractivity contribution is 6.17. The molecule has 20 heavy (non-hydrogen) atoms. The van der Waals surface area contributed by atoms with E-state index in [9.17, 15) is 9.59 Å². The topological polar surface area (TPSA) is 52.6 Å². The molecule has 1 aromatic carbocycles. The second kappa shape index (κ2) is 7.48. The molecule has 0 aromatic heterocycles. The van der Waals surface area contributed by atoms with Gasteiger partial charge in [-0.1, -0.05) is 38.1 Å². The average molecular weight is 276 g/mol. The Labute approximate surface area is 119 Å². The second-order valence-corrected chi connectivity index (χ2v) is 4.88. The maximum atomic E-state index is 11.5. The van der Waals surface area contributed by atoms with Crippen LogP contribution >= 0.6 is 0 Å². The third-order valence-corrected chi connectivity index (χ3v) is 2.75. The van der Waals surface area contributed by atoms with E-state index in [1.54, 1.807) is 0 Å². The van der Waals surface area contributed by atoms with Gasteiger partial charge in [0.15, 0.2) is 0 Å². The molecule has 4 heteroatoms. The largest absolute Gasteiger partial charge is 0.465 e. The highest BCUT2D eigenvalue weighted by atomic mass is 16.5. The Morgan fingerprint density at radius 2 is 1.55 bits per heavy atom. The third kappa shape index (κ3) is 4.53. The Kier molecular flexibility index (Phi) is 5.97. The summed E-state index contributed by atoms with van der Waals surface area (Å²) in [5, 5.41) is 0. The van der Waals surface area contributed by atoms with E-state index in [0.717, 1.165) is 12.0 Å². The zero-order valence-corrected chi connectivity index (χ0v) is 12.3. The molecule has 0 saturated carbocycles. The molecule has 0 bridgehead atoms. The van der Waals surface area contributed by atoms with Crippen molar-refractivity contribution in [3.05, 3.63) is 41.0 Å². The Morgan fingerprint density at radius 1 is 1.05 bits per heavy atom. The van der Waals surface area contributed by atoms with Crippen molar-refractivity contribution in [3.8, 4) is 0 Å². The maximum absolute atomic E-state index is 11.5. The quantitative estimate of drug-likeness (QED) is 0.359. The van der Waals surface area contributed by atoms with Gasteiger partial charge in [-0.3, -0.25) is 0 Å². The molecule has 0 aliphatic rings. The molecule has 1 aromatic rings. The van der Waals surface area contributed by atoms with Crippen molar-refractivity contribution < 1.29 is 19.1 Å². The van der Waals surface area contributed by atoms with E-state index in [1.807, 2.05) is 24.3 Å². The summed E-state index contributed by atoms with van der Waals surface area (Å²) in [5.74, 6) is -0.830. The van der Waals surface area contributed by atoms with Crippen LogP contribution < -0.4 is 0 Å². The van der Waals surface area contributed by atoms with E-state index in [2.05, 4.69) is 23.3 Å². The van der Waals surface area contributed by atoms with Crippen LogP contribution in [0.2, 0.25) is 0 Å². The van der Waals surface area contributed by atoms with Crippen LogP contribution in [-0.2, 0) is 25.5 Å². The molecule has 0 aliphatic carbocycles. The molecule has 1 rings (SSSR count). The van der Waals surface area contributed by atoms with Gasteiger partial charge in [0, 0.05) is 0 Å². The van der Waals surface area contributed by atoms with E-state index in [-0.39, 0.29) is 5.57 Å². The van der Waals surface area contributed by atoms with Gasteiger partial charge in [-0.05, 0) is 29.5 Å². The van der Waals surface area contributed by atoms with Crippen LogP contribution in [0.4, 0.5) is 0 Å². The predicted molar refractivity (Wildman–Crippen MR) is 77.0 cm³/mol. The number of ether oxygens (including phenoxy) is 2. The first-order chi connectivity index (χ1) is 9.47. The monoisotopic (exact) mass is 276 g/mol. The first-order valence-corrected chi connectivity index (χ1v) is 6.45. The average Bonchev–Trinajstić information content (AvgIpc) is 2.44. The Morgan fingerprint density at radius 3 is 1.95 bits per heavy atom. The molecule has 0 aliphatic heterocycles. The number of benzene rings is 1. The van der Waals surface area contributed by atoms with Gasteiger partial charge in [0.1, 0.15) is 5.57 Å². The SMILES string of the molecule is COC(=O)C(=Cc1ccc(CC(C)C)cc1)C(=O)OC. The first kappa shape index (κ1) is 16.0. The fraction of sp³-hybridized carbons (Fsp3) is 0.375. The van der Waals surface area contributed by atoms with Crippen molar-refractivity contribution >= 4 is 18.0 Å². The lowest BCUT2D eigenvalue weighted by Crippen LogP contribution is -2.15. The number of hydrogen-bond donors (Lipinski definition) is 0. The van der Waals surface area contributed by atoms with Crippen LogP contribution in [0.25, 0.3) is 6.08 Å². The van der Waals surface area contributed by atoms with Gasteiger partial charge < -0.3 is 9.47 Å². The molecule has 0 N–H and O–H groups in total. The van der Waals surface area contributed by atoms with E-state index < -0.39 is 11.9 Å². The van der Waals surface area contributed by atoms with Crippen molar-refractivity contribution in [2.75, 3.05) is 14.2 Å². The van der Waals surface area contributed by atoms with Crippen LogP contribution in [0, 0.1) is 5.92 Å². The van der Waals surface area contributed by atoms with Gasteiger partial charge >= 0.3 is 11.9 Å². The van der Waals surface area contributed by atoms with E-state index in [4.69, 9.17) is 0 Å². The molecular weight excluding hydrogens is 256 g/mol. The molecule has 0 radical (unpaired) electrons. The fourth-order valence-corrected chi connectivity index (χ4v) is 1.81. The summed E-state index contributed by atoms with van der Waals surface area (Å²) in [6.07, 6.45) is 2.46. The van der Waals surface area contributed by atoms with Crippen molar-refractivity contribution in [1.29, 1.82) is 0 Å². The van der Waals surface area contributed by atoms with Gasteiger partial charge in [0.05, 0.1) is 14.2 Å². The highest BCUT2D eigenvalue weighted by Gasteiger charge is 2.19. The lowest BCUT2D eigenvalue weighted by atomic mass is 10.0. The maximum Gasteiger partial charge on any atom is 0.345 e. The fourth-order valence-electron chi connectivity index (χ4n) is 1.81. The second-order valence-electron chi connectivity index (χ2n) is 4.88. The molecule has 0 heterocycles. The van der Waals surface area contributed by atoms with Crippen molar-refractivity contribution in [2.45, 2.75) is 20.3 Å². The number of esters is 2. The summed E-state index contributed by atoms with van der Waals surface area (Å²) in [5.41, 5.74) is 1.85. The summed E-state index contributed by atoms with van der Waals surface area (Å²) in [6, 6.07) is 7.70. The van der Waals surface area contributed by atoms with Gasteiger partial charge in [-0.15, -0.1) is 0 Å². The van der Waals surface area contributed by atoms with E-state index in [0.29, 0.717) is 5.92 Å². The normalized spacial score (nSPS) is 10.1. The predicted octanol–water partition coefficient (Wildman–Crippen LogP) is 2.61. The van der Waals surface area contributed by atoms with E-state index >= 15 is 0 Å². The van der Waals surface area contributed by atoms with Crippen molar-refractivity contribution in [3.63, 3.8) is 0 Å². The van der Waals surface area contributed by atoms with Crippen LogP contribution in [-0.4, -0.2) is 26.2 Å². The molecule has 0 fully saturated rings. The minimum Gasteiger partial charge on any atom is -0.465 e. The molecule has 0 amide bonds. The summed E-state index contributed by atoms with van der Waals surface area (Å²) in [7, 11) is 2.45. The summed E-state index contributed by atoms with van der Waals surface area (Å²) in [6.45, 7) is 4.31. The number of carbonyl (C=O) groups excluding carboxylic acids is 2. The Bertz CT molecular complexity index is 480. The van der Waals surface area contributed by atoms with Gasteiger partial charge in [-0.25, -0.2) is 9.59 Å². The van der Waals surface area contributed by atoms with Gasteiger partial charge in [0.2, 0.25) is 0 Å². The summed E-state index contributed by atoms with van der Waals surface area (Å²) < 4.78 is 9.15. The molecular formula is C16H20O4. The number of rotatable bonds is 5. The van der Waals surface area contributed by atoms with Gasteiger partial charge in [-0.2, -0.15) is 0 Å². The van der Waals surface area contributed by atoms with Crippen LogP contribution in [0.15, 0.2) is 29.8 Å².